The fraction of sp³-hybridized carbons (Fsp3) is 1.00. The zero-order valence-electron chi connectivity index (χ0n) is 8.46. The van der Waals surface area contributed by atoms with E-state index in [1.165, 1.54) is 32.4 Å². The summed E-state index contributed by atoms with van der Waals surface area (Å²) < 4.78 is 5.38. The monoisotopic (exact) mass is 184 g/mol. The number of rotatable bonds is 3. The average Bonchev–Trinajstić information content (AvgIpc) is 2.74. The maximum absolute atomic E-state index is 5.38. The van der Waals surface area contributed by atoms with Crippen molar-refractivity contribution in [1.29, 1.82) is 0 Å². The number of ether oxygens (including phenoxy) is 1. The zero-order chi connectivity index (χ0) is 9.10. The van der Waals surface area contributed by atoms with Crippen LogP contribution in [-0.4, -0.2) is 50.3 Å². The molecule has 13 heavy (non-hydrogen) atoms. The fourth-order valence-electron chi connectivity index (χ4n) is 2.28. The van der Waals surface area contributed by atoms with Gasteiger partial charge in [-0.05, 0) is 32.9 Å². The highest BCUT2D eigenvalue weighted by Crippen LogP contribution is 2.13. The van der Waals surface area contributed by atoms with E-state index in [-0.39, 0.29) is 0 Å². The van der Waals surface area contributed by atoms with Crippen LogP contribution in [0, 0.1) is 0 Å². The summed E-state index contributed by atoms with van der Waals surface area (Å²) in [4.78, 5) is 2.45. The molecule has 2 atom stereocenters. The molecule has 2 rings (SSSR count). The van der Waals surface area contributed by atoms with Crippen molar-refractivity contribution in [3.63, 3.8) is 0 Å². The Bertz CT molecular complexity index is 151. The van der Waals surface area contributed by atoms with Gasteiger partial charge in [0.05, 0.1) is 6.61 Å². The summed E-state index contributed by atoms with van der Waals surface area (Å²) in [6.07, 6.45) is 3.90. The highest BCUT2D eigenvalue weighted by Gasteiger charge is 2.23. The van der Waals surface area contributed by atoms with E-state index in [0.717, 1.165) is 19.3 Å². The number of hydrogen-bond acceptors (Lipinski definition) is 3. The van der Waals surface area contributed by atoms with Gasteiger partial charge in [-0.25, -0.2) is 0 Å². The maximum atomic E-state index is 5.38. The minimum Gasteiger partial charge on any atom is -0.380 e. The Labute approximate surface area is 80.4 Å². The summed E-state index contributed by atoms with van der Waals surface area (Å²) >= 11 is 0. The van der Waals surface area contributed by atoms with E-state index in [0.29, 0.717) is 6.04 Å². The van der Waals surface area contributed by atoms with Gasteiger partial charge in [0.1, 0.15) is 0 Å². The summed E-state index contributed by atoms with van der Waals surface area (Å²) in [5.74, 6) is 0. The van der Waals surface area contributed by atoms with E-state index in [2.05, 4.69) is 17.3 Å². The molecule has 1 unspecified atom stereocenters. The Kier molecular flexibility index (Phi) is 3.19. The van der Waals surface area contributed by atoms with Gasteiger partial charge in [0.15, 0.2) is 0 Å². The normalized spacial score (nSPS) is 34.6. The third-order valence-corrected chi connectivity index (χ3v) is 3.20. The van der Waals surface area contributed by atoms with Crippen molar-refractivity contribution >= 4 is 0 Å². The molecule has 0 aliphatic carbocycles. The van der Waals surface area contributed by atoms with Gasteiger partial charge in [-0.2, -0.15) is 0 Å². The lowest BCUT2D eigenvalue weighted by molar-refractivity contribution is 0.154. The first-order valence-corrected chi connectivity index (χ1v) is 5.37. The molecular weight excluding hydrogens is 164 g/mol. The molecule has 0 radical (unpaired) electrons. The Balaban J connectivity index is 1.73. The molecule has 0 saturated carbocycles. The Morgan fingerprint density at radius 1 is 1.46 bits per heavy atom. The van der Waals surface area contributed by atoms with E-state index < -0.39 is 0 Å². The summed E-state index contributed by atoms with van der Waals surface area (Å²) in [6.45, 7) is 4.28. The number of nitrogens with zero attached hydrogens (tertiary/aromatic N) is 1. The lowest BCUT2D eigenvalue weighted by atomic mass is 10.2. The van der Waals surface area contributed by atoms with Gasteiger partial charge < -0.3 is 10.1 Å². The molecule has 0 aromatic carbocycles. The lowest BCUT2D eigenvalue weighted by Crippen LogP contribution is -2.41. The lowest BCUT2D eigenvalue weighted by Gasteiger charge is -2.25. The van der Waals surface area contributed by atoms with Crippen LogP contribution in [-0.2, 0) is 4.74 Å². The van der Waals surface area contributed by atoms with Crippen LogP contribution >= 0.6 is 0 Å². The van der Waals surface area contributed by atoms with Gasteiger partial charge >= 0.3 is 0 Å². The standard InChI is InChI=1S/C10H20N2O/c1-12(10-4-6-13-8-10)7-9-3-2-5-11-9/h9-11H,2-8H2,1H3/t9-,10?/m1/s1. The molecule has 3 nitrogen and oxygen atoms in total. The van der Waals surface area contributed by atoms with Crippen molar-refractivity contribution in [2.24, 2.45) is 0 Å². The van der Waals surface area contributed by atoms with Gasteiger partial charge in [0, 0.05) is 25.2 Å². The third-order valence-electron chi connectivity index (χ3n) is 3.20. The van der Waals surface area contributed by atoms with Crippen LogP contribution in [0.5, 0.6) is 0 Å². The van der Waals surface area contributed by atoms with Crippen LogP contribution in [0.2, 0.25) is 0 Å². The van der Waals surface area contributed by atoms with Gasteiger partial charge in [-0.1, -0.05) is 0 Å². The summed E-state index contributed by atoms with van der Waals surface area (Å²) in [5.41, 5.74) is 0. The zero-order valence-corrected chi connectivity index (χ0v) is 8.46. The molecule has 2 heterocycles. The molecule has 3 heteroatoms. The van der Waals surface area contributed by atoms with E-state index >= 15 is 0 Å². The second kappa shape index (κ2) is 4.40. The topological polar surface area (TPSA) is 24.5 Å². The van der Waals surface area contributed by atoms with Crippen molar-refractivity contribution in [1.82, 2.24) is 10.2 Å². The van der Waals surface area contributed by atoms with E-state index in [4.69, 9.17) is 4.74 Å². The summed E-state index contributed by atoms with van der Waals surface area (Å²) in [5, 5.41) is 3.53. The van der Waals surface area contributed by atoms with Crippen molar-refractivity contribution < 1.29 is 4.74 Å². The quantitative estimate of drug-likeness (QED) is 0.689. The molecule has 0 amide bonds. The number of nitrogens with one attached hydrogen (secondary N) is 1. The first-order valence-electron chi connectivity index (χ1n) is 5.37. The van der Waals surface area contributed by atoms with Crippen molar-refractivity contribution in [3.05, 3.63) is 0 Å². The molecule has 1 N–H and O–H groups in total. The molecule has 0 spiro atoms. The second-order valence-electron chi connectivity index (χ2n) is 4.25. The van der Waals surface area contributed by atoms with E-state index in [1.807, 2.05) is 0 Å². The predicted molar refractivity (Wildman–Crippen MR) is 52.9 cm³/mol. The minimum absolute atomic E-state index is 0.669. The molecule has 0 bridgehead atoms. The molecule has 2 aliphatic rings. The van der Waals surface area contributed by atoms with Crippen LogP contribution in [0.25, 0.3) is 0 Å². The van der Waals surface area contributed by atoms with Crippen molar-refractivity contribution in [2.75, 3.05) is 33.4 Å². The minimum atomic E-state index is 0.669. The highest BCUT2D eigenvalue weighted by atomic mass is 16.5. The molecule has 2 fully saturated rings. The van der Waals surface area contributed by atoms with Gasteiger partial charge in [-0.15, -0.1) is 0 Å². The molecule has 2 saturated heterocycles. The highest BCUT2D eigenvalue weighted by molar-refractivity contribution is 4.81. The van der Waals surface area contributed by atoms with Crippen molar-refractivity contribution in [2.45, 2.75) is 31.3 Å². The van der Waals surface area contributed by atoms with Crippen LogP contribution < -0.4 is 5.32 Å². The Morgan fingerprint density at radius 2 is 2.38 bits per heavy atom. The fourth-order valence-corrected chi connectivity index (χ4v) is 2.28. The third kappa shape index (κ3) is 2.42. The molecule has 0 aromatic heterocycles. The Morgan fingerprint density at radius 3 is 3.00 bits per heavy atom. The summed E-state index contributed by atoms with van der Waals surface area (Å²) in [6, 6.07) is 1.40. The van der Waals surface area contributed by atoms with Gasteiger partial charge in [-0.3, -0.25) is 4.90 Å². The van der Waals surface area contributed by atoms with Crippen LogP contribution in [0.4, 0.5) is 0 Å². The summed E-state index contributed by atoms with van der Waals surface area (Å²) in [7, 11) is 2.22. The second-order valence-corrected chi connectivity index (χ2v) is 4.25. The first-order chi connectivity index (χ1) is 6.36. The number of likely N-dealkylation sites (N-methyl/N-ethyl adjacent to an activating group) is 1. The van der Waals surface area contributed by atoms with E-state index in [9.17, 15) is 0 Å². The largest absolute Gasteiger partial charge is 0.380 e. The van der Waals surface area contributed by atoms with Gasteiger partial charge in [0.2, 0.25) is 0 Å². The SMILES string of the molecule is CN(C[C@H]1CCCN1)C1CCOC1. The van der Waals surface area contributed by atoms with Crippen LogP contribution in [0.15, 0.2) is 0 Å². The first kappa shape index (κ1) is 9.44. The van der Waals surface area contributed by atoms with Crippen LogP contribution in [0.3, 0.4) is 0 Å². The maximum Gasteiger partial charge on any atom is 0.0622 e. The predicted octanol–water partition coefficient (Wildman–Crippen LogP) is 0.459. The smallest absolute Gasteiger partial charge is 0.0622 e. The Hall–Kier alpha value is -0.120. The average molecular weight is 184 g/mol. The van der Waals surface area contributed by atoms with Gasteiger partial charge in [0.25, 0.3) is 0 Å². The van der Waals surface area contributed by atoms with E-state index in [1.54, 1.807) is 0 Å². The molecular formula is C10H20N2O. The number of hydrogen-bond donors (Lipinski definition) is 1. The van der Waals surface area contributed by atoms with Crippen LogP contribution in [0.1, 0.15) is 19.3 Å². The molecule has 2 aliphatic heterocycles. The molecule has 76 valence electrons. The van der Waals surface area contributed by atoms with Crippen molar-refractivity contribution in [3.8, 4) is 0 Å². The molecule has 0 aromatic rings.